The summed E-state index contributed by atoms with van der Waals surface area (Å²) in [5.41, 5.74) is -0.282. The van der Waals surface area contributed by atoms with Crippen LogP contribution in [0.5, 0.6) is 0 Å². The first-order valence-corrected chi connectivity index (χ1v) is 6.97. The van der Waals surface area contributed by atoms with Crippen LogP contribution >= 0.6 is 0 Å². The molecule has 1 saturated carbocycles. The molecule has 0 heterocycles. The average Bonchev–Trinajstić information content (AvgIpc) is 2.97. The van der Waals surface area contributed by atoms with E-state index in [0.717, 1.165) is 12.3 Å². The second kappa shape index (κ2) is 6.26. The summed E-state index contributed by atoms with van der Waals surface area (Å²) in [4.78, 5) is 22.7. The smallest absolute Gasteiger partial charge is 0.315 e. The minimum Gasteiger partial charge on any atom is -0.481 e. The highest BCUT2D eigenvalue weighted by atomic mass is 16.4. The van der Waals surface area contributed by atoms with Gasteiger partial charge in [-0.05, 0) is 24.7 Å². The summed E-state index contributed by atoms with van der Waals surface area (Å²) in [5.74, 6) is -0.140. The van der Waals surface area contributed by atoms with E-state index in [1.807, 2.05) is 27.7 Å². The number of aliphatic carboxylic acids is 1. The highest BCUT2D eigenvalue weighted by Gasteiger charge is 2.29. The molecule has 0 radical (unpaired) electrons. The van der Waals surface area contributed by atoms with Crippen molar-refractivity contribution in [1.29, 1.82) is 0 Å². The first-order chi connectivity index (χ1) is 8.68. The zero-order valence-electron chi connectivity index (χ0n) is 12.3. The third kappa shape index (κ3) is 6.45. The van der Waals surface area contributed by atoms with Crippen molar-refractivity contribution in [3.8, 4) is 0 Å². The van der Waals surface area contributed by atoms with Crippen LogP contribution in [-0.4, -0.2) is 29.2 Å². The van der Waals surface area contributed by atoms with Gasteiger partial charge in [0.2, 0.25) is 0 Å². The lowest BCUT2D eigenvalue weighted by molar-refractivity contribution is -0.138. The molecule has 0 bridgehead atoms. The maximum Gasteiger partial charge on any atom is 0.315 e. The van der Waals surface area contributed by atoms with E-state index in [1.165, 1.54) is 12.8 Å². The van der Waals surface area contributed by atoms with Crippen LogP contribution in [0, 0.1) is 11.3 Å². The Hall–Kier alpha value is -1.26. The fraction of sp³-hybridized carbons (Fsp3) is 0.857. The molecule has 1 fully saturated rings. The van der Waals surface area contributed by atoms with Crippen LogP contribution in [0.4, 0.5) is 4.79 Å². The van der Waals surface area contributed by atoms with Gasteiger partial charge in [0.25, 0.3) is 0 Å². The molecular weight excluding hydrogens is 244 g/mol. The molecule has 1 rings (SSSR count). The number of urea groups is 1. The first kappa shape index (κ1) is 15.8. The van der Waals surface area contributed by atoms with Crippen molar-refractivity contribution in [3.63, 3.8) is 0 Å². The molecule has 5 heteroatoms. The van der Waals surface area contributed by atoms with Crippen molar-refractivity contribution in [1.82, 2.24) is 10.6 Å². The van der Waals surface area contributed by atoms with E-state index in [9.17, 15) is 9.59 Å². The summed E-state index contributed by atoms with van der Waals surface area (Å²) in [5, 5.41) is 14.6. The molecule has 5 nitrogen and oxygen atoms in total. The van der Waals surface area contributed by atoms with E-state index in [-0.39, 0.29) is 30.0 Å². The summed E-state index contributed by atoms with van der Waals surface area (Å²) in [7, 11) is 0. The average molecular weight is 270 g/mol. The Kier molecular flexibility index (Phi) is 5.20. The van der Waals surface area contributed by atoms with Crippen LogP contribution in [0.25, 0.3) is 0 Å². The number of rotatable bonds is 6. The van der Waals surface area contributed by atoms with E-state index in [4.69, 9.17) is 5.11 Å². The molecule has 1 aliphatic carbocycles. The maximum atomic E-state index is 11.9. The first-order valence-electron chi connectivity index (χ1n) is 6.97. The molecule has 0 aromatic rings. The van der Waals surface area contributed by atoms with Gasteiger partial charge in [0.1, 0.15) is 0 Å². The molecule has 0 aromatic carbocycles. The van der Waals surface area contributed by atoms with Gasteiger partial charge in [-0.3, -0.25) is 4.79 Å². The SMILES string of the molecule is CC(CC1CC1)NC(=O)NC(CC(=O)O)C(C)(C)C. The third-order valence-electron chi connectivity index (χ3n) is 3.49. The van der Waals surface area contributed by atoms with E-state index in [2.05, 4.69) is 10.6 Å². The fourth-order valence-corrected chi connectivity index (χ4v) is 2.08. The number of nitrogens with one attached hydrogen (secondary N) is 2. The largest absolute Gasteiger partial charge is 0.481 e. The minimum absolute atomic E-state index is 0.0616. The molecule has 0 aliphatic heterocycles. The number of carbonyl (C=O) groups is 2. The monoisotopic (exact) mass is 270 g/mol. The number of carboxylic acids is 1. The van der Waals surface area contributed by atoms with Gasteiger partial charge < -0.3 is 15.7 Å². The Labute approximate surface area is 115 Å². The predicted molar refractivity (Wildman–Crippen MR) is 74.0 cm³/mol. The molecular formula is C14H26N2O3. The molecule has 1 aliphatic rings. The molecule has 19 heavy (non-hydrogen) atoms. The Morgan fingerprint density at radius 2 is 1.84 bits per heavy atom. The van der Waals surface area contributed by atoms with E-state index in [1.54, 1.807) is 0 Å². The zero-order chi connectivity index (χ0) is 14.6. The summed E-state index contributed by atoms with van der Waals surface area (Å²) < 4.78 is 0. The second-order valence-corrected chi connectivity index (χ2v) is 6.71. The number of hydrogen-bond acceptors (Lipinski definition) is 2. The van der Waals surface area contributed by atoms with Crippen molar-refractivity contribution >= 4 is 12.0 Å². The highest BCUT2D eigenvalue weighted by molar-refractivity contribution is 5.76. The molecule has 0 spiro atoms. The van der Waals surface area contributed by atoms with Gasteiger partial charge >= 0.3 is 12.0 Å². The van der Waals surface area contributed by atoms with Crippen molar-refractivity contribution in [3.05, 3.63) is 0 Å². The van der Waals surface area contributed by atoms with Crippen LogP contribution in [-0.2, 0) is 4.79 Å². The van der Waals surface area contributed by atoms with Crippen molar-refractivity contribution < 1.29 is 14.7 Å². The molecule has 3 N–H and O–H groups in total. The van der Waals surface area contributed by atoms with Crippen LogP contribution in [0.2, 0.25) is 0 Å². The second-order valence-electron chi connectivity index (χ2n) is 6.71. The standard InChI is InChI=1S/C14H26N2O3/c1-9(7-10-5-6-10)15-13(19)16-11(8-12(17)18)14(2,3)4/h9-11H,5-8H2,1-4H3,(H,17,18)(H2,15,16,19). The van der Waals surface area contributed by atoms with Gasteiger partial charge in [-0.15, -0.1) is 0 Å². The molecule has 0 aromatic heterocycles. The number of amides is 2. The Balaban J connectivity index is 2.43. The molecule has 2 unspecified atom stereocenters. The highest BCUT2D eigenvalue weighted by Crippen LogP contribution is 2.33. The van der Waals surface area contributed by atoms with Crippen molar-refractivity contribution in [2.45, 2.75) is 65.5 Å². The molecule has 2 amide bonds. The van der Waals surface area contributed by atoms with Crippen molar-refractivity contribution in [2.24, 2.45) is 11.3 Å². The van der Waals surface area contributed by atoms with Crippen LogP contribution in [0.15, 0.2) is 0 Å². The van der Waals surface area contributed by atoms with Crippen molar-refractivity contribution in [2.75, 3.05) is 0 Å². The third-order valence-corrected chi connectivity index (χ3v) is 3.49. The number of carboxylic acid groups (broad SMARTS) is 1. The summed E-state index contributed by atoms with van der Waals surface area (Å²) in [6.45, 7) is 7.76. The van der Waals surface area contributed by atoms with Crippen LogP contribution < -0.4 is 10.6 Å². The maximum absolute atomic E-state index is 11.9. The Morgan fingerprint density at radius 3 is 2.26 bits per heavy atom. The zero-order valence-corrected chi connectivity index (χ0v) is 12.3. The lowest BCUT2D eigenvalue weighted by Gasteiger charge is -2.30. The van der Waals surface area contributed by atoms with Gasteiger partial charge in [-0.1, -0.05) is 33.6 Å². The van der Waals surface area contributed by atoms with Gasteiger partial charge in [0, 0.05) is 12.1 Å². The molecule has 0 saturated heterocycles. The van der Waals surface area contributed by atoms with E-state index >= 15 is 0 Å². The topological polar surface area (TPSA) is 78.4 Å². The summed E-state index contributed by atoms with van der Waals surface area (Å²) in [6, 6.07) is -0.509. The molecule has 110 valence electrons. The van der Waals surface area contributed by atoms with Gasteiger partial charge in [0.05, 0.1) is 6.42 Å². The predicted octanol–water partition coefficient (Wildman–Crippen LogP) is 2.36. The van der Waals surface area contributed by atoms with E-state index < -0.39 is 5.97 Å². The quantitative estimate of drug-likeness (QED) is 0.693. The van der Waals surface area contributed by atoms with Crippen LogP contribution in [0.1, 0.15) is 53.4 Å². The van der Waals surface area contributed by atoms with Gasteiger partial charge in [-0.2, -0.15) is 0 Å². The van der Waals surface area contributed by atoms with Gasteiger partial charge in [-0.25, -0.2) is 4.79 Å². The summed E-state index contributed by atoms with van der Waals surface area (Å²) in [6.07, 6.45) is 3.47. The lowest BCUT2D eigenvalue weighted by atomic mass is 9.85. The normalized spacial score (nSPS) is 18.5. The number of hydrogen-bond donors (Lipinski definition) is 3. The Morgan fingerprint density at radius 1 is 1.26 bits per heavy atom. The lowest BCUT2D eigenvalue weighted by Crippen LogP contribution is -2.50. The minimum atomic E-state index is -0.897. The van der Waals surface area contributed by atoms with E-state index in [0.29, 0.717) is 0 Å². The number of carbonyl (C=O) groups excluding carboxylic acids is 1. The fourth-order valence-electron chi connectivity index (χ4n) is 2.08. The molecule has 2 atom stereocenters. The van der Waals surface area contributed by atoms with Gasteiger partial charge in [0.15, 0.2) is 0 Å². The van der Waals surface area contributed by atoms with Crippen LogP contribution in [0.3, 0.4) is 0 Å². The Bertz CT molecular complexity index is 332. The summed E-state index contributed by atoms with van der Waals surface area (Å²) >= 11 is 0.